The second-order valence-corrected chi connectivity index (χ2v) is 7.59. The van der Waals surface area contributed by atoms with Gasteiger partial charge >= 0.3 is 0 Å². The van der Waals surface area contributed by atoms with Crippen LogP contribution in [0.25, 0.3) is 0 Å². The molecule has 1 aromatic carbocycles. The van der Waals surface area contributed by atoms with Gasteiger partial charge in [0.1, 0.15) is 0 Å². The quantitative estimate of drug-likeness (QED) is 0.912. The number of carbonyl (C=O) groups excluding carboxylic acids is 1. The normalized spacial score (nSPS) is 23.2. The Kier molecular flexibility index (Phi) is 4.95. The van der Waals surface area contributed by atoms with Gasteiger partial charge in [-0.25, -0.2) is 0 Å². The van der Waals surface area contributed by atoms with E-state index < -0.39 is 0 Å². The average Bonchev–Trinajstić information content (AvgIpc) is 2.36. The van der Waals surface area contributed by atoms with Gasteiger partial charge in [-0.2, -0.15) is 0 Å². The summed E-state index contributed by atoms with van der Waals surface area (Å²) in [5.41, 5.74) is 7.02. The van der Waals surface area contributed by atoms with Crippen LogP contribution in [0.3, 0.4) is 0 Å². The number of benzene rings is 1. The van der Waals surface area contributed by atoms with E-state index in [1.165, 1.54) is 5.56 Å². The highest BCUT2D eigenvalue weighted by Gasteiger charge is 2.33. The predicted molar refractivity (Wildman–Crippen MR) is 87.3 cm³/mol. The summed E-state index contributed by atoms with van der Waals surface area (Å²) in [5, 5.41) is 0.759. The molecule has 1 saturated heterocycles. The third-order valence-electron chi connectivity index (χ3n) is 3.91. The summed E-state index contributed by atoms with van der Waals surface area (Å²) in [6.45, 7) is 7.34. The van der Waals surface area contributed by atoms with Crippen LogP contribution < -0.4 is 5.73 Å². The summed E-state index contributed by atoms with van der Waals surface area (Å²) < 4.78 is 0. The van der Waals surface area contributed by atoms with E-state index in [9.17, 15) is 4.79 Å². The van der Waals surface area contributed by atoms with Gasteiger partial charge in [0.2, 0.25) is 5.91 Å². The van der Waals surface area contributed by atoms with Crippen LogP contribution in [0.15, 0.2) is 24.3 Å². The summed E-state index contributed by atoms with van der Waals surface area (Å²) in [5.74, 6) is 0.590. The van der Waals surface area contributed by atoms with Gasteiger partial charge < -0.3 is 10.6 Å². The van der Waals surface area contributed by atoms with Crippen LogP contribution in [0.1, 0.15) is 32.8 Å². The van der Waals surface area contributed by atoms with Crippen LogP contribution in [0, 0.1) is 11.3 Å². The van der Waals surface area contributed by atoms with E-state index >= 15 is 0 Å². The highest BCUT2D eigenvalue weighted by Crippen LogP contribution is 2.25. The maximum Gasteiger partial charge on any atom is 0.228 e. The molecule has 116 valence electrons. The van der Waals surface area contributed by atoms with Crippen molar-refractivity contribution in [1.82, 2.24) is 4.90 Å². The Labute approximate surface area is 132 Å². The fourth-order valence-electron chi connectivity index (χ4n) is 3.03. The van der Waals surface area contributed by atoms with Crippen LogP contribution in [0.5, 0.6) is 0 Å². The summed E-state index contributed by atoms with van der Waals surface area (Å²) in [4.78, 5) is 14.4. The molecular formula is C17H25ClN2O. The van der Waals surface area contributed by atoms with Gasteiger partial charge in [0, 0.05) is 29.6 Å². The number of rotatable bonds is 2. The standard InChI is InChI=1S/C17H25ClN2O/c1-17(2,3)16(21)20-10-13(9-15(19)11-20)7-12-5-4-6-14(18)8-12/h4-6,8,13,15H,7,9-11,19H2,1-3H3. The minimum Gasteiger partial charge on any atom is -0.340 e. The summed E-state index contributed by atoms with van der Waals surface area (Å²) >= 11 is 6.04. The smallest absolute Gasteiger partial charge is 0.228 e. The zero-order chi connectivity index (χ0) is 15.6. The number of nitrogens with two attached hydrogens (primary N) is 1. The fraction of sp³-hybridized carbons (Fsp3) is 0.588. The molecule has 0 bridgehead atoms. The maximum absolute atomic E-state index is 12.5. The van der Waals surface area contributed by atoms with Crippen molar-refractivity contribution < 1.29 is 4.79 Å². The third kappa shape index (κ3) is 4.45. The number of hydrogen-bond donors (Lipinski definition) is 1. The minimum absolute atomic E-state index is 0.0641. The first-order chi connectivity index (χ1) is 9.75. The average molecular weight is 309 g/mol. The Morgan fingerprint density at radius 3 is 2.71 bits per heavy atom. The lowest BCUT2D eigenvalue weighted by atomic mass is 9.86. The molecule has 1 heterocycles. The van der Waals surface area contributed by atoms with E-state index in [0.717, 1.165) is 24.4 Å². The van der Waals surface area contributed by atoms with Crippen molar-refractivity contribution in [2.75, 3.05) is 13.1 Å². The van der Waals surface area contributed by atoms with Crippen molar-refractivity contribution in [3.63, 3.8) is 0 Å². The molecule has 2 atom stereocenters. The summed E-state index contributed by atoms with van der Waals surface area (Å²) in [7, 11) is 0. The molecule has 0 spiro atoms. The number of carbonyl (C=O) groups is 1. The number of likely N-dealkylation sites (tertiary alicyclic amines) is 1. The Morgan fingerprint density at radius 1 is 1.38 bits per heavy atom. The number of halogens is 1. The molecule has 1 aromatic rings. The van der Waals surface area contributed by atoms with Crippen LogP contribution >= 0.6 is 11.6 Å². The van der Waals surface area contributed by atoms with E-state index in [-0.39, 0.29) is 17.4 Å². The first-order valence-electron chi connectivity index (χ1n) is 7.55. The molecular weight excluding hydrogens is 284 g/mol. The molecule has 4 heteroatoms. The molecule has 0 saturated carbocycles. The molecule has 1 aliphatic rings. The van der Waals surface area contributed by atoms with Crippen molar-refractivity contribution in [2.45, 2.75) is 39.7 Å². The van der Waals surface area contributed by atoms with Crippen LogP contribution in [-0.4, -0.2) is 29.9 Å². The molecule has 2 rings (SSSR count). The highest BCUT2D eigenvalue weighted by molar-refractivity contribution is 6.30. The van der Waals surface area contributed by atoms with Gasteiger partial charge in [-0.1, -0.05) is 44.5 Å². The number of piperidine rings is 1. The Morgan fingerprint density at radius 2 is 2.10 bits per heavy atom. The molecule has 1 fully saturated rings. The molecule has 0 aliphatic carbocycles. The Balaban J connectivity index is 2.06. The van der Waals surface area contributed by atoms with E-state index in [2.05, 4.69) is 6.07 Å². The summed E-state index contributed by atoms with van der Waals surface area (Å²) in [6, 6.07) is 8.00. The first kappa shape index (κ1) is 16.3. The minimum atomic E-state index is -0.350. The van der Waals surface area contributed by atoms with Gasteiger partial charge in [-0.15, -0.1) is 0 Å². The fourth-order valence-corrected chi connectivity index (χ4v) is 3.24. The number of nitrogens with zero attached hydrogens (tertiary/aromatic N) is 1. The molecule has 21 heavy (non-hydrogen) atoms. The Hall–Kier alpha value is -1.06. The monoisotopic (exact) mass is 308 g/mol. The SMILES string of the molecule is CC(C)(C)C(=O)N1CC(N)CC(Cc2cccc(Cl)c2)C1. The van der Waals surface area contributed by atoms with Crippen molar-refractivity contribution in [3.8, 4) is 0 Å². The second-order valence-electron chi connectivity index (χ2n) is 7.16. The second kappa shape index (κ2) is 6.37. The van der Waals surface area contributed by atoms with Crippen molar-refractivity contribution in [2.24, 2.45) is 17.1 Å². The molecule has 1 aliphatic heterocycles. The molecule has 3 nitrogen and oxygen atoms in total. The van der Waals surface area contributed by atoms with E-state index in [4.69, 9.17) is 17.3 Å². The molecule has 2 N–H and O–H groups in total. The third-order valence-corrected chi connectivity index (χ3v) is 4.15. The lowest BCUT2D eigenvalue weighted by Crippen LogP contribution is -2.52. The van der Waals surface area contributed by atoms with Gasteiger partial charge in [0.05, 0.1) is 0 Å². The Bertz CT molecular complexity index is 510. The van der Waals surface area contributed by atoms with Gasteiger partial charge in [-0.3, -0.25) is 4.79 Å². The predicted octanol–water partition coefficient (Wildman–Crippen LogP) is 3.10. The van der Waals surface area contributed by atoms with Crippen LogP contribution in [0.2, 0.25) is 5.02 Å². The van der Waals surface area contributed by atoms with E-state index in [0.29, 0.717) is 12.5 Å². The van der Waals surface area contributed by atoms with E-state index in [1.807, 2.05) is 43.9 Å². The van der Waals surface area contributed by atoms with Crippen LogP contribution in [0.4, 0.5) is 0 Å². The van der Waals surface area contributed by atoms with E-state index in [1.54, 1.807) is 0 Å². The first-order valence-corrected chi connectivity index (χ1v) is 7.93. The number of hydrogen-bond acceptors (Lipinski definition) is 2. The zero-order valence-electron chi connectivity index (χ0n) is 13.1. The van der Waals surface area contributed by atoms with Crippen molar-refractivity contribution in [1.29, 1.82) is 0 Å². The number of amides is 1. The molecule has 2 unspecified atom stereocenters. The molecule has 0 radical (unpaired) electrons. The topological polar surface area (TPSA) is 46.3 Å². The lowest BCUT2D eigenvalue weighted by Gasteiger charge is -2.39. The zero-order valence-corrected chi connectivity index (χ0v) is 13.9. The van der Waals surface area contributed by atoms with Crippen molar-refractivity contribution in [3.05, 3.63) is 34.9 Å². The highest BCUT2D eigenvalue weighted by atomic mass is 35.5. The molecule has 0 aromatic heterocycles. The van der Waals surface area contributed by atoms with Crippen molar-refractivity contribution >= 4 is 17.5 Å². The maximum atomic E-state index is 12.5. The lowest BCUT2D eigenvalue weighted by molar-refractivity contribution is -0.141. The summed E-state index contributed by atoms with van der Waals surface area (Å²) in [6.07, 6.45) is 1.88. The van der Waals surface area contributed by atoms with Crippen LogP contribution in [-0.2, 0) is 11.2 Å². The molecule has 1 amide bonds. The largest absolute Gasteiger partial charge is 0.340 e. The van der Waals surface area contributed by atoms with Gasteiger partial charge in [0.25, 0.3) is 0 Å². The van der Waals surface area contributed by atoms with Gasteiger partial charge in [0.15, 0.2) is 0 Å². The van der Waals surface area contributed by atoms with Gasteiger partial charge in [-0.05, 0) is 36.5 Å².